The van der Waals surface area contributed by atoms with Crippen molar-refractivity contribution in [2.24, 2.45) is 0 Å². The van der Waals surface area contributed by atoms with E-state index < -0.39 is 17.7 Å². The second-order valence-electron chi connectivity index (χ2n) is 8.02. The summed E-state index contributed by atoms with van der Waals surface area (Å²) in [6, 6.07) is 18.0. The van der Waals surface area contributed by atoms with E-state index in [2.05, 4.69) is 0 Å². The van der Waals surface area contributed by atoms with Crippen LogP contribution in [0.4, 0.5) is 5.69 Å². The number of phenolic OH excluding ortho intramolecular Hbond substituents is 1. The van der Waals surface area contributed by atoms with Crippen LogP contribution in [0.15, 0.2) is 72.3 Å². The second-order valence-corrected chi connectivity index (χ2v) is 8.02. The number of anilines is 1. The number of carbonyl (C=O) groups excluding carboxylic acids is 2. The van der Waals surface area contributed by atoms with Crippen molar-refractivity contribution in [1.82, 2.24) is 0 Å². The van der Waals surface area contributed by atoms with Gasteiger partial charge in [-0.05, 0) is 66.1 Å². The number of aromatic hydroxyl groups is 1. The fourth-order valence-corrected chi connectivity index (χ4v) is 4.34. The number of phenols is 1. The van der Waals surface area contributed by atoms with E-state index in [1.165, 1.54) is 17.0 Å². The lowest BCUT2D eigenvalue weighted by Gasteiger charge is -2.25. The summed E-state index contributed by atoms with van der Waals surface area (Å²) < 4.78 is 5.53. The topological polar surface area (TPSA) is 87.1 Å². The van der Waals surface area contributed by atoms with Gasteiger partial charge in [-0.25, -0.2) is 0 Å². The van der Waals surface area contributed by atoms with E-state index in [0.717, 1.165) is 23.3 Å². The van der Waals surface area contributed by atoms with Gasteiger partial charge in [0.25, 0.3) is 11.7 Å². The Bertz CT molecular complexity index is 1280. The van der Waals surface area contributed by atoms with Crippen LogP contribution in [0.1, 0.15) is 28.3 Å². The number of hydrogen-bond donors (Lipinski definition) is 2. The highest BCUT2D eigenvalue weighted by atomic mass is 16.5. The lowest BCUT2D eigenvalue weighted by atomic mass is 9.94. The van der Waals surface area contributed by atoms with Crippen molar-refractivity contribution in [2.45, 2.75) is 19.4 Å². The highest BCUT2D eigenvalue weighted by Gasteiger charge is 2.47. The van der Waals surface area contributed by atoms with E-state index in [1.54, 1.807) is 36.4 Å². The third kappa shape index (κ3) is 3.21. The Balaban J connectivity index is 1.71. The van der Waals surface area contributed by atoms with Crippen LogP contribution < -0.4 is 9.64 Å². The quantitative estimate of drug-likeness (QED) is 0.371. The van der Waals surface area contributed by atoms with Gasteiger partial charge in [0.1, 0.15) is 17.3 Å². The fraction of sp³-hybridized carbons (Fsp3) is 0.154. The molecule has 0 aromatic heterocycles. The van der Waals surface area contributed by atoms with Crippen molar-refractivity contribution in [1.29, 1.82) is 0 Å². The van der Waals surface area contributed by atoms with E-state index >= 15 is 0 Å². The molecule has 6 nitrogen and oxygen atoms in total. The highest BCUT2D eigenvalue weighted by molar-refractivity contribution is 6.51. The fourth-order valence-electron chi connectivity index (χ4n) is 4.34. The summed E-state index contributed by atoms with van der Waals surface area (Å²) in [4.78, 5) is 27.8. The van der Waals surface area contributed by atoms with Gasteiger partial charge in [0.05, 0.1) is 18.2 Å². The van der Waals surface area contributed by atoms with E-state index in [-0.39, 0.29) is 17.1 Å². The number of carbonyl (C=O) groups is 2. The average molecular weight is 427 g/mol. The van der Waals surface area contributed by atoms with Crippen LogP contribution in [0.5, 0.6) is 11.5 Å². The summed E-state index contributed by atoms with van der Waals surface area (Å²) in [7, 11) is 0. The molecule has 1 saturated heterocycles. The summed E-state index contributed by atoms with van der Waals surface area (Å²) in [5.41, 5.74) is 3.53. The van der Waals surface area contributed by atoms with Crippen molar-refractivity contribution >= 4 is 23.1 Å². The number of aliphatic hydroxyl groups is 1. The molecule has 32 heavy (non-hydrogen) atoms. The minimum atomic E-state index is -0.832. The van der Waals surface area contributed by atoms with E-state index in [9.17, 15) is 19.8 Å². The molecule has 0 saturated carbocycles. The normalized spacial score (nSPS) is 19.2. The van der Waals surface area contributed by atoms with E-state index in [1.807, 2.05) is 25.1 Å². The van der Waals surface area contributed by atoms with Gasteiger partial charge in [-0.2, -0.15) is 0 Å². The van der Waals surface area contributed by atoms with Gasteiger partial charge >= 0.3 is 0 Å². The smallest absolute Gasteiger partial charge is 0.300 e. The standard InChI is InChI=1S/C26H21NO5/c1-15-3-2-4-19(13-15)27-23(16-5-8-20(28)9-6-16)22(25(30)26(27)31)24(29)18-7-10-21-17(14-18)11-12-32-21/h2-10,13-14,23,28-29H,11-12H2,1H3/b24-22-. The number of amides is 1. The molecular formula is C26H21NO5. The molecule has 0 bridgehead atoms. The first-order valence-corrected chi connectivity index (χ1v) is 10.4. The van der Waals surface area contributed by atoms with Crippen molar-refractivity contribution in [3.8, 4) is 11.5 Å². The van der Waals surface area contributed by atoms with Crippen molar-refractivity contribution in [3.05, 3.63) is 94.6 Å². The second kappa shape index (κ2) is 7.57. The summed E-state index contributed by atoms with van der Waals surface area (Å²) in [5.74, 6) is -0.860. The first-order valence-electron chi connectivity index (χ1n) is 10.4. The number of aryl methyl sites for hydroxylation is 1. The molecule has 1 fully saturated rings. The Labute approximate surface area is 185 Å². The SMILES string of the molecule is Cc1cccc(N2C(=O)C(=O)/C(=C(\O)c3ccc4c(c3)CCO4)C2c2ccc(O)cc2)c1. The number of benzene rings is 3. The number of fused-ring (bicyclic) bond motifs is 1. The molecule has 1 atom stereocenters. The average Bonchev–Trinajstić information content (AvgIpc) is 3.36. The predicted octanol–water partition coefficient (Wildman–Crippen LogP) is 4.26. The number of nitrogens with zero attached hydrogens (tertiary/aromatic N) is 1. The van der Waals surface area contributed by atoms with Crippen molar-refractivity contribution < 1.29 is 24.5 Å². The minimum Gasteiger partial charge on any atom is -0.508 e. The van der Waals surface area contributed by atoms with Gasteiger partial charge in [-0.3, -0.25) is 14.5 Å². The monoisotopic (exact) mass is 427 g/mol. The zero-order chi connectivity index (χ0) is 22.4. The van der Waals surface area contributed by atoms with Crippen LogP contribution in [0.25, 0.3) is 5.76 Å². The molecule has 160 valence electrons. The van der Waals surface area contributed by atoms with Gasteiger partial charge in [0, 0.05) is 17.7 Å². The van der Waals surface area contributed by atoms with Crippen LogP contribution in [0.3, 0.4) is 0 Å². The zero-order valence-electron chi connectivity index (χ0n) is 17.4. The van der Waals surface area contributed by atoms with Gasteiger partial charge in [0.15, 0.2) is 0 Å². The first-order chi connectivity index (χ1) is 15.4. The molecule has 2 N–H and O–H groups in total. The van der Waals surface area contributed by atoms with Gasteiger partial charge in [-0.1, -0.05) is 24.3 Å². The van der Waals surface area contributed by atoms with Gasteiger partial charge in [0.2, 0.25) is 0 Å². The number of ketones is 1. The molecule has 5 rings (SSSR count). The molecular weight excluding hydrogens is 406 g/mol. The maximum atomic E-state index is 13.2. The van der Waals surface area contributed by atoms with E-state index in [0.29, 0.717) is 23.4 Å². The Hall–Kier alpha value is -4.06. The van der Waals surface area contributed by atoms with Crippen LogP contribution in [-0.4, -0.2) is 28.5 Å². The Kier molecular flexibility index (Phi) is 4.70. The van der Waals surface area contributed by atoms with Crippen molar-refractivity contribution in [2.75, 3.05) is 11.5 Å². The molecule has 2 aliphatic rings. The third-order valence-electron chi connectivity index (χ3n) is 5.90. The number of ether oxygens (including phenoxy) is 1. The lowest BCUT2D eigenvalue weighted by Crippen LogP contribution is -2.29. The van der Waals surface area contributed by atoms with Crippen molar-refractivity contribution in [3.63, 3.8) is 0 Å². The molecule has 2 aliphatic heterocycles. The highest BCUT2D eigenvalue weighted by Crippen LogP contribution is 2.43. The molecule has 2 heterocycles. The number of rotatable bonds is 3. The Morgan fingerprint density at radius 2 is 1.81 bits per heavy atom. The van der Waals surface area contributed by atoms with Crippen LogP contribution in [-0.2, 0) is 16.0 Å². The lowest BCUT2D eigenvalue weighted by molar-refractivity contribution is -0.132. The molecule has 1 amide bonds. The maximum Gasteiger partial charge on any atom is 0.300 e. The minimum absolute atomic E-state index is 0.0149. The number of hydrogen-bond acceptors (Lipinski definition) is 5. The summed E-state index contributed by atoms with van der Waals surface area (Å²) in [6.45, 7) is 2.48. The van der Waals surface area contributed by atoms with Crippen LogP contribution in [0.2, 0.25) is 0 Å². The first kappa shape index (κ1) is 19.9. The summed E-state index contributed by atoms with van der Waals surface area (Å²) in [6.07, 6.45) is 0.718. The zero-order valence-corrected chi connectivity index (χ0v) is 17.4. The molecule has 1 unspecified atom stereocenters. The van der Waals surface area contributed by atoms with Gasteiger partial charge in [-0.15, -0.1) is 0 Å². The number of aliphatic hydroxyl groups excluding tert-OH is 1. The molecule has 3 aromatic rings. The molecule has 0 aliphatic carbocycles. The molecule has 0 spiro atoms. The van der Waals surface area contributed by atoms with Crippen LogP contribution >= 0.6 is 0 Å². The Morgan fingerprint density at radius 1 is 1.03 bits per heavy atom. The Morgan fingerprint density at radius 3 is 2.56 bits per heavy atom. The summed E-state index contributed by atoms with van der Waals surface area (Å²) in [5, 5.41) is 21.0. The molecule has 3 aromatic carbocycles. The largest absolute Gasteiger partial charge is 0.508 e. The summed E-state index contributed by atoms with van der Waals surface area (Å²) >= 11 is 0. The predicted molar refractivity (Wildman–Crippen MR) is 120 cm³/mol. The maximum absolute atomic E-state index is 13.2. The molecule has 0 radical (unpaired) electrons. The van der Waals surface area contributed by atoms with Gasteiger partial charge < -0.3 is 14.9 Å². The molecule has 6 heteroatoms. The van der Waals surface area contributed by atoms with E-state index in [4.69, 9.17) is 4.74 Å². The van der Waals surface area contributed by atoms with Crippen LogP contribution in [0, 0.1) is 6.92 Å². The third-order valence-corrected chi connectivity index (χ3v) is 5.90. The number of Topliss-reactive ketones (excluding diaryl/α,β-unsaturated/α-hetero) is 1.